The van der Waals surface area contributed by atoms with Crippen LogP contribution in [0.1, 0.15) is 186 Å². The second-order valence-corrected chi connectivity index (χ2v) is 17.3. The van der Waals surface area contributed by atoms with Crippen LogP contribution in [-0.2, 0) is 19.3 Å². The summed E-state index contributed by atoms with van der Waals surface area (Å²) in [7, 11) is 0. The van der Waals surface area contributed by atoms with Gasteiger partial charge in [-0.25, -0.2) is 0 Å². The molecule has 48 heavy (non-hydrogen) atoms. The van der Waals surface area contributed by atoms with E-state index in [9.17, 15) is 9.59 Å². The van der Waals surface area contributed by atoms with E-state index in [-0.39, 0.29) is 34.2 Å². The number of hydrogen-bond donors (Lipinski definition) is 0. The Labute approximate surface area is 296 Å². The Morgan fingerprint density at radius 3 is 1.08 bits per heavy atom. The molecule has 0 atom stereocenters. The van der Waals surface area contributed by atoms with E-state index >= 15 is 0 Å². The number of nitrogens with zero attached hydrogens (tertiary/aromatic N) is 4. The summed E-state index contributed by atoms with van der Waals surface area (Å²) in [6, 6.07) is 0.490. The Kier molecular flexibility index (Phi) is 17.4. The van der Waals surface area contributed by atoms with Crippen molar-refractivity contribution in [3.8, 4) is 0 Å². The van der Waals surface area contributed by atoms with E-state index in [0.29, 0.717) is 37.9 Å². The Morgan fingerprint density at radius 2 is 0.812 bits per heavy atom. The van der Waals surface area contributed by atoms with Crippen molar-refractivity contribution in [2.24, 2.45) is 0 Å². The third-order valence-corrected chi connectivity index (χ3v) is 10.7. The van der Waals surface area contributed by atoms with Crippen molar-refractivity contribution >= 4 is 11.8 Å². The molecule has 0 aromatic rings. The van der Waals surface area contributed by atoms with Gasteiger partial charge < -0.3 is 9.80 Å². The summed E-state index contributed by atoms with van der Waals surface area (Å²) >= 11 is 0. The summed E-state index contributed by atoms with van der Waals surface area (Å²) in [5.41, 5.74) is -0.516. The van der Waals surface area contributed by atoms with Gasteiger partial charge in [0.05, 0.1) is 13.2 Å². The first-order valence-electron chi connectivity index (χ1n) is 19.9. The maximum atomic E-state index is 13.6. The molecular formula is C40H78N4O4. The van der Waals surface area contributed by atoms with E-state index in [1.165, 1.54) is 0 Å². The molecular weight excluding hydrogens is 600 g/mol. The highest BCUT2D eigenvalue weighted by Crippen LogP contribution is 2.42. The molecule has 0 unspecified atom stereocenters. The van der Waals surface area contributed by atoms with Crippen LogP contribution >= 0.6 is 0 Å². The highest BCUT2D eigenvalue weighted by atomic mass is 16.7. The zero-order chi connectivity index (χ0) is 36.2. The molecule has 0 aliphatic carbocycles. The zero-order valence-electron chi connectivity index (χ0n) is 33.7. The molecule has 8 heteroatoms. The van der Waals surface area contributed by atoms with Crippen molar-refractivity contribution in [2.45, 2.75) is 220 Å². The minimum Gasteiger partial charge on any atom is -0.340 e. The lowest BCUT2D eigenvalue weighted by molar-refractivity contribution is -0.285. The Bertz CT molecular complexity index is 853. The van der Waals surface area contributed by atoms with Gasteiger partial charge in [-0.1, -0.05) is 52.4 Å². The van der Waals surface area contributed by atoms with Crippen LogP contribution in [0.3, 0.4) is 0 Å². The molecule has 2 aliphatic rings. The highest BCUT2D eigenvalue weighted by molar-refractivity contribution is 5.77. The predicted octanol–water partition coefficient (Wildman–Crippen LogP) is 9.31. The standard InChI is InChI=1S/C40H78N4O4/c1-13-17-27-41(33-29-37(5,6)43(47-15-3)38(7,8)30-33)35(45)25-23-21-19-20-22-24-26-36(46)42(28-18-14-2)34-31-39(9,10)44(48-16-4)40(11,12)32-34/h33-34H,13-32H2,1-12H3. The molecule has 8 nitrogen and oxygen atoms in total. The van der Waals surface area contributed by atoms with Crippen LogP contribution in [0.4, 0.5) is 0 Å². The number of hydrogen-bond acceptors (Lipinski definition) is 6. The molecule has 0 bridgehead atoms. The fourth-order valence-corrected chi connectivity index (χ4v) is 9.04. The van der Waals surface area contributed by atoms with Gasteiger partial charge in [-0.05, 0) is 121 Å². The molecule has 282 valence electrons. The monoisotopic (exact) mass is 679 g/mol. The minimum absolute atomic E-state index is 0.129. The smallest absolute Gasteiger partial charge is 0.222 e. The van der Waals surface area contributed by atoms with Crippen LogP contribution in [-0.4, -0.2) is 92.3 Å². The third-order valence-electron chi connectivity index (χ3n) is 10.7. The van der Waals surface area contributed by atoms with E-state index in [0.717, 1.165) is 103 Å². The van der Waals surface area contributed by atoms with Crippen molar-refractivity contribution in [2.75, 3.05) is 26.3 Å². The molecule has 2 rings (SSSR count). The van der Waals surface area contributed by atoms with Crippen molar-refractivity contribution in [3.05, 3.63) is 0 Å². The highest BCUT2D eigenvalue weighted by Gasteiger charge is 2.49. The van der Waals surface area contributed by atoms with Crippen LogP contribution in [0, 0.1) is 0 Å². The van der Waals surface area contributed by atoms with Gasteiger partial charge in [0.1, 0.15) is 0 Å². The van der Waals surface area contributed by atoms with E-state index in [4.69, 9.17) is 9.68 Å². The molecule has 2 fully saturated rings. The average Bonchev–Trinajstić information content (AvgIpc) is 2.97. The minimum atomic E-state index is -0.129. The molecule has 0 aromatic carbocycles. The van der Waals surface area contributed by atoms with Crippen molar-refractivity contribution in [3.63, 3.8) is 0 Å². The molecule has 0 spiro atoms. The van der Waals surface area contributed by atoms with Gasteiger partial charge in [0.2, 0.25) is 11.8 Å². The summed E-state index contributed by atoms with van der Waals surface area (Å²) in [4.78, 5) is 43.9. The van der Waals surface area contributed by atoms with Crippen LogP contribution in [0.25, 0.3) is 0 Å². The molecule has 0 saturated carbocycles. The van der Waals surface area contributed by atoms with E-state index in [1.807, 2.05) is 13.8 Å². The molecule has 2 amide bonds. The summed E-state index contributed by atoms with van der Waals surface area (Å²) in [5.74, 6) is 0.641. The molecule has 2 saturated heterocycles. The second kappa shape index (κ2) is 19.4. The number of amides is 2. The quantitative estimate of drug-likeness (QED) is 0.113. The van der Waals surface area contributed by atoms with Gasteiger partial charge in [0.25, 0.3) is 0 Å². The normalized spacial score (nSPS) is 21.3. The molecule has 2 aliphatic heterocycles. The molecule has 0 aromatic heterocycles. The van der Waals surface area contributed by atoms with Crippen molar-refractivity contribution in [1.82, 2.24) is 19.9 Å². The fraction of sp³-hybridized carbons (Fsp3) is 0.950. The van der Waals surface area contributed by atoms with Gasteiger partial charge >= 0.3 is 0 Å². The number of rotatable bonds is 21. The van der Waals surface area contributed by atoms with Crippen molar-refractivity contribution < 1.29 is 19.3 Å². The largest absolute Gasteiger partial charge is 0.340 e. The lowest BCUT2D eigenvalue weighted by Crippen LogP contribution is -2.64. The van der Waals surface area contributed by atoms with Crippen molar-refractivity contribution in [1.29, 1.82) is 0 Å². The van der Waals surface area contributed by atoms with Gasteiger partial charge in [0, 0.05) is 60.2 Å². The molecule has 0 radical (unpaired) electrons. The number of carbonyl (C=O) groups excluding carboxylic acids is 2. The molecule has 0 N–H and O–H groups in total. The third kappa shape index (κ3) is 12.2. The summed E-state index contributed by atoms with van der Waals surface area (Å²) in [6.45, 7) is 29.6. The average molecular weight is 679 g/mol. The fourth-order valence-electron chi connectivity index (χ4n) is 9.04. The first-order chi connectivity index (χ1) is 22.5. The summed E-state index contributed by atoms with van der Waals surface area (Å²) in [6.07, 6.45) is 15.6. The Balaban J connectivity index is 1.83. The van der Waals surface area contributed by atoms with Crippen LogP contribution in [0.5, 0.6) is 0 Å². The maximum Gasteiger partial charge on any atom is 0.222 e. The Morgan fingerprint density at radius 1 is 0.521 bits per heavy atom. The van der Waals surface area contributed by atoms with Gasteiger partial charge in [0.15, 0.2) is 0 Å². The lowest BCUT2D eigenvalue weighted by atomic mass is 9.78. The summed E-state index contributed by atoms with van der Waals surface area (Å²) in [5, 5.41) is 4.37. The van der Waals surface area contributed by atoms with E-state index < -0.39 is 0 Å². The maximum absolute atomic E-state index is 13.6. The zero-order valence-corrected chi connectivity index (χ0v) is 33.7. The first kappa shape index (κ1) is 42.9. The SMILES string of the molecule is CCCCN(C(=O)CCCCCCCCC(=O)N(CCCC)C1CC(C)(C)N(OCC)C(C)(C)C1)C1CC(C)(C)N(OCC)C(C)(C)C1. The number of carbonyl (C=O) groups is 2. The van der Waals surface area contributed by atoms with Gasteiger partial charge in [-0.15, -0.1) is 0 Å². The van der Waals surface area contributed by atoms with Gasteiger partial charge in [-0.2, -0.15) is 10.1 Å². The number of unbranched alkanes of at least 4 members (excludes halogenated alkanes) is 7. The van der Waals surface area contributed by atoms with Crippen LogP contribution in [0.15, 0.2) is 0 Å². The number of piperidine rings is 2. The van der Waals surface area contributed by atoms with Gasteiger partial charge in [-0.3, -0.25) is 19.3 Å². The van der Waals surface area contributed by atoms with Crippen LogP contribution < -0.4 is 0 Å². The lowest BCUT2D eigenvalue weighted by Gasteiger charge is -2.55. The number of hydroxylamine groups is 4. The van der Waals surface area contributed by atoms with Crippen LogP contribution in [0.2, 0.25) is 0 Å². The Hall–Kier alpha value is -1.22. The van der Waals surface area contributed by atoms with E-state index in [1.54, 1.807) is 0 Å². The van der Waals surface area contributed by atoms with E-state index in [2.05, 4.69) is 89.2 Å². The topological polar surface area (TPSA) is 65.6 Å². The second-order valence-electron chi connectivity index (χ2n) is 17.3. The molecule has 2 heterocycles. The predicted molar refractivity (Wildman–Crippen MR) is 199 cm³/mol. The first-order valence-corrected chi connectivity index (χ1v) is 19.9. The summed E-state index contributed by atoms with van der Waals surface area (Å²) < 4.78 is 0.